The van der Waals surface area contributed by atoms with Crippen LogP contribution in [0.5, 0.6) is 0 Å². The Morgan fingerprint density at radius 2 is 0.481 bits per heavy atom. The number of esters is 3. The van der Waals surface area contributed by atoms with Crippen molar-refractivity contribution >= 4 is 17.9 Å². The number of hydrogen-bond acceptors (Lipinski definition) is 6. The van der Waals surface area contributed by atoms with Crippen LogP contribution in [0.4, 0.5) is 0 Å². The van der Waals surface area contributed by atoms with Crippen molar-refractivity contribution in [2.45, 2.75) is 284 Å². The van der Waals surface area contributed by atoms with Gasteiger partial charge in [0.1, 0.15) is 13.2 Å². The van der Waals surface area contributed by atoms with Gasteiger partial charge in [0.05, 0.1) is 0 Å². The van der Waals surface area contributed by atoms with Crippen molar-refractivity contribution in [1.29, 1.82) is 0 Å². The summed E-state index contributed by atoms with van der Waals surface area (Å²) in [5, 5.41) is 0. The summed E-state index contributed by atoms with van der Waals surface area (Å²) in [5.74, 6) is -0.937. The molecule has 0 aromatic heterocycles. The van der Waals surface area contributed by atoms with Gasteiger partial charge in [0.25, 0.3) is 0 Å². The third-order valence-corrected chi connectivity index (χ3v) is 13.5. The van der Waals surface area contributed by atoms with Gasteiger partial charge in [-0.3, -0.25) is 14.4 Å². The number of carbonyl (C=O) groups excluding carboxylic acids is 3. The maximum atomic E-state index is 12.9. The Kier molecular flexibility index (Phi) is 63.4. The van der Waals surface area contributed by atoms with Gasteiger partial charge >= 0.3 is 17.9 Å². The van der Waals surface area contributed by atoms with Crippen molar-refractivity contribution < 1.29 is 28.6 Å². The van der Waals surface area contributed by atoms with Crippen LogP contribution in [-0.2, 0) is 28.6 Å². The zero-order valence-electron chi connectivity index (χ0n) is 52.2. The van der Waals surface area contributed by atoms with Crippen LogP contribution in [0.1, 0.15) is 278 Å². The molecule has 0 aromatic rings. The van der Waals surface area contributed by atoms with Crippen molar-refractivity contribution in [2.24, 2.45) is 0 Å². The molecule has 0 heterocycles. The van der Waals surface area contributed by atoms with E-state index in [4.69, 9.17) is 14.2 Å². The van der Waals surface area contributed by atoms with E-state index in [1.807, 2.05) is 0 Å². The summed E-state index contributed by atoms with van der Waals surface area (Å²) in [5.41, 5.74) is 0. The first-order chi connectivity index (χ1) is 40.0. The van der Waals surface area contributed by atoms with Crippen LogP contribution in [-0.4, -0.2) is 37.2 Å². The van der Waals surface area contributed by atoms with E-state index >= 15 is 0 Å². The largest absolute Gasteiger partial charge is 0.462 e. The molecule has 1 atom stereocenters. The van der Waals surface area contributed by atoms with Crippen molar-refractivity contribution in [3.05, 3.63) is 158 Å². The molecule has 1 unspecified atom stereocenters. The summed E-state index contributed by atoms with van der Waals surface area (Å²) in [7, 11) is 0. The van der Waals surface area contributed by atoms with E-state index in [2.05, 4.69) is 179 Å². The molecule has 0 rings (SSSR count). The van der Waals surface area contributed by atoms with Crippen molar-refractivity contribution in [3.63, 3.8) is 0 Å². The van der Waals surface area contributed by atoms with E-state index in [0.29, 0.717) is 19.3 Å². The molecule has 0 saturated heterocycles. The van der Waals surface area contributed by atoms with E-state index in [0.717, 1.165) is 180 Å². The molecule has 0 spiro atoms. The lowest BCUT2D eigenvalue weighted by Crippen LogP contribution is -2.30. The highest BCUT2D eigenvalue weighted by Gasteiger charge is 2.19. The smallest absolute Gasteiger partial charge is 0.306 e. The molecule has 0 aromatic carbocycles. The van der Waals surface area contributed by atoms with Gasteiger partial charge in [0, 0.05) is 19.3 Å². The summed E-state index contributed by atoms with van der Waals surface area (Å²) in [6.07, 6.45) is 98.2. The Labute approximate surface area is 499 Å². The molecule has 6 nitrogen and oxygen atoms in total. The molecule has 0 aliphatic heterocycles. The molecule has 0 aliphatic carbocycles. The summed E-state index contributed by atoms with van der Waals surface area (Å²) in [6.45, 7) is 6.32. The van der Waals surface area contributed by atoms with Crippen LogP contribution < -0.4 is 0 Å². The number of rotatable bonds is 58. The molecule has 0 amide bonds. The molecule has 6 heteroatoms. The van der Waals surface area contributed by atoms with Crippen LogP contribution in [0.3, 0.4) is 0 Å². The van der Waals surface area contributed by atoms with Gasteiger partial charge in [-0.25, -0.2) is 0 Å². The summed E-state index contributed by atoms with van der Waals surface area (Å²) in [6, 6.07) is 0. The molecule has 0 saturated carbocycles. The van der Waals surface area contributed by atoms with E-state index in [-0.39, 0.29) is 31.1 Å². The van der Waals surface area contributed by atoms with E-state index in [9.17, 15) is 14.4 Å². The first-order valence-corrected chi connectivity index (χ1v) is 33.0. The zero-order chi connectivity index (χ0) is 58.5. The molecular formula is C75H120O6. The predicted molar refractivity (Wildman–Crippen MR) is 352 cm³/mol. The van der Waals surface area contributed by atoms with Gasteiger partial charge in [-0.05, 0) is 141 Å². The van der Waals surface area contributed by atoms with E-state index < -0.39 is 6.10 Å². The lowest BCUT2D eigenvalue weighted by Gasteiger charge is -2.18. The van der Waals surface area contributed by atoms with Gasteiger partial charge in [-0.1, -0.05) is 275 Å². The zero-order valence-corrected chi connectivity index (χ0v) is 52.2. The Balaban J connectivity index is 4.41. The van der Waals surface area contributed by atoms with Crippen molar-refractivity contribution in [2.75, 3.05) is 13.2 Å². The van der Waals surface area contributed by atoms with Crippen LogP contribution in [0.2, 0.25) is 0 Å². The van der Waals surface area contributed by atoms with E-state index in [1.54, 1.807) is 0 Å². The molecular weight excluding hydrogens is 997 g/mol. The maximum Gasteiger partial charge on any atom is 0.306 e. The minimum absolute atomic E-state index is 0.0991. The minimum atomic E-state index is -0.804. The summed E-state index contributed by atoms with van der Waals surface area (Å²) < 4.78 is 16.9. The first kappa shape index (κ1) is 76.0. The second kappa shape index (κ2) is 67.5. The average molecular weight is 1120 g/mol. The van der Waals surface area contributed by atoms with Crippen molar-refractivity contribution in [3.8, 4) is 0 Å². The highest BCUT2D eigenvalue weighted by atomic mass is 16.6. The predicted octanol–water partition coefficient (Wildman–Crippen LogP) is 22.9. The average Bonchev–Trinajstić information content (AvgIpc) is 3.46. The van der Waals surface area contributed by atoms with Gasteiger partial charge in [-0.2, -0.15) is 0 Å². The molecule has 0 N–H and O–H groups in total. The third-order valence-electron chi connectivity index (χ3n) is 13.5. The molecule has 0 fully saturated rings. The number of unbranched alkanes of at least 4 members (excludes halogenated alkanes) is 21. The highest BCUT2D eigenvalue weighted by molar-refractivity contribution is 5.71. The number of carbonyl (C=O) groups is 3. The Morgan fingerprint density at radius 1 is 0.259 bits per heavy atom. The van der Waals surface area contributed by atoms with Gasteiger partial charge in [-0.15, -0.1) is 0 Å². The second-order valence-corrected chi connectivity index (χ2v) is 21.3. The highest BCUT2D eigenvalue weighted by Crippen LogP contribution is 2.15. The Morgan fingerprint density at radius 3 is 0.753 bits per heavy atom. The summed E-state index contributed by atoms with van der Waals surface area (Å²) >= 11 is 0. The molecule has 0 aliphatic rings. The number of ether oxygens (including phenoxy) is 3. The van der Waals surface area contributed by atoms with Crippen LogP contribution >= 0.6 is 0 Å². The van der Waals surface area contributed by atoms with Gasteiger partial charge in [0.2, 0.25) is 0 Å². The third kappa shape index (κ3) is 65.7. The molecule has 0 radical (unpaired) electrons. The lowest BCUT2D eigenvalue weighted by molar-refractivity contribution is -0.167. The monoisotopic (exact) mass is 1120 g/mol. The minimum Gasteiger partial charge on any atom is -0.462 e. The van der Waals surface area contributed by atoms with Gasteiger partial charge < -0.3 is 14.2 Å². The second-order valence-electron chi connectivity index (χ2n) is 21.3. The molecule has 0 bridgehead atoms. The molecule has 81 heavy (non-hydrogen) atoms. The maximum absolute atomic E-state index is 12.9. The standard InChI is InChI=1S/C75H120O6/c1-4-7-10-13-16-19-22-25-27-29-31-33-35-36-37-38-40-41-43-45-47-50-53-56-59-62-65-68-74(77)80-71-72(70-79-73(76)67-64-61-58-55-52-49-24-21-18-15-12-9-6-3)81-75(78)69-66-63-60-57-54-51-48-46-44-42-39-34-32-30-28-26-23-20-17-14-11-8-5-2/h7-8,10-12,15-17,19-21,24-28,31-34,36-37,40-41,45,47,72H,4-6,9,13-14,18,22-23,29-30,35,38-39,42-44,46,48-71H2,1-3H3/b10-7-,11-8-,15-12-,19-16-,20-17-,24-21-,27-25-,28-26-,33-31-,34-32-,37-36-,41-40-,47-45-. The fraction of sp³-hybridized carbons (Fsp3) is 0.613. The number of hydrogen-bond donors (Lipinski definition) is 0. The SMILES string of the molecule is CC/C=C\C/C=C\C/C=C\C/C=C\C/C=C\C/C=C\C/C=C\CCCCCCCC(=O)OCC(COC(=O)CCCCCCC/C=C\C/C=C\CCC)OC(=O)CCCCCCCCCCCC/C=C\C/C=C\C/C=C\C/C=C\CC. The fourth-order valence-electron chi connectivity index (χ4n) is 8.63. The van der Waals surface area contributed by atoms with Crippen molar-refractivity contribution in [1.82, 2.24) is 0 Å². The van der Waals surface area contributed by atoms with E-state index in [1.165, 1.54) is 57.8 Å². The first-order valence-electron chi connectivity index (χ1n) is 33.0. The molecule has 456 valence electrons. The summed E-state index contributed by atoms with van der Waals surface area (Å²) in [4.78, 5) is 38.4. The number of allylic oxidation sites excluding steroid dienone is 26. The van der Waals surface area contributed by atoms with Crippen LogP contribution in [0.15, 0.2) is 158 Å². The normalized spacial score (nSPS) is 13.2. The van der Waals surface area contributed by atoms with Crippen LogP contribution in [0.25, 0.3) is 0 Å². The lowest BCUT2D eigenvalue weighted by atomic mass is 10.0. The quantitative estimate of drug-likeness (QED) is 0.0261. The fourth-order valence-corrected chi connectivity index (χ4v) is 8.63. The van der Waals surface area contributed by atoms with Crippen LogP contribution in [0, 0.1) is 0 Å². The van der Waals surface area contributed by atoms with Gasteiger partial charge in [0.15, 0.2) is 6.10 Å². The topological polar surface area (TPSA) is 78.9 Å². The Bertz CT molecular complexity index is 1810. The Hall–Kier alpha value is -4.97.